The molecule has 0 saturated heterocycles. The van der Waals surface area contributed by atoms with Crippen LogP contribution in [0.25, 0.3) is 0 Å². The molecule has 0 amide bonds. The summed E-state index contributed by atoms with van der Waals surface area (Å²) in [6, 6.07) is 22.7. The zero-order valence-corrected chi connectivity index (χ0v) is 37.3. The molecule has 3 aromatic rings. The molecule has 0 aliphatic rings. The van der Waals surface area contributed by atoms with E-state index in [1.807, 2.05) is 156 Å². The number of carbonyl (C=O) groups is 6. The Morgan fingerprint density at radius 3 is 0.417 bits per heavy atom. The Balaban J connectivity index is 0.000000450. The molecular weight excluding hydrogens is 769 g/mol. The van der Waals surface area contributed by atoms with Gasteiger partial charge in [0.25, 0.3) is 0 Å². The monoisotopic (exact) mass is 834 g/mol. The molecule has 3 aromatic carbocycles. The largest absolute Gasteiger partial charge is 0.481 e. The molecule has 3 rings (SSSR count). The topological polar surface area (TPSA) is 224 Å². The summed E-state index contributed by atoms with van der Waals surface area (Å²) in [6.45, 7) is 22.6. The smallest absolute Gasteiger partial charge is 0.304 e. The predicted octanol–water partition coefficient (Wildman–Crippen LogP) is 9.57. The van der Waals surface area contributed by atoms with Gasteiger partial charge in [-0.25, -0.2) is 0 Å². The lowest BCUT2D eigenvalue weighted by atomic mass is 9.77. The third kappa shape index (κ3) is 17.0. The SMILES string of the molecule is CC(C)(CC(=O)O)c1ccc(C(C)(C)CC(=O)O)cc1.CC(C)(CC(=O)O)c1ccc(C(C)(C)CC(=O)O)cc1.CC(C)(CC(=O)O)c1ccc(C(C)(C)CC(=O)O)cc1. The van der Waals surface area contributed by atoms with Crippen LogP contribution in [0, 0.1) is 0 Å². The van der Waals surface area contributed by atoms with E-state index in [-0.39, 0.29) is 38.5 Å². The summed E-state index contributed by atoms with van der Waals surface area (Å²) in [5.74, 6) is -4.97. The lowest BCUT2D eigenvalue weighted by Crippen LogP contribution is -2.24. The van der Waals surface area contributed by atoms with Crippen molar-refractivity contribution in [3.8, 4) is 0 Å². The van der Waals surface area contributed by atoms with Crippen LogP contribution in [0.2, 0.25) is 0 Å². The molecule has 0 atom stereocenters. The molecular formula is C48H66O12. The van der Waals surface area contributed by atoms with Gasteiger partial charge in [0.15, 0.2) is 0 Å². The van der Waals surface area contributed by atoms with Crippen molar-refractivity contribution in [1.29, 1.82) is 0 Å². The van der Waals surface area contributed by atoms with Gasteiger partial charge in [-0.15, -0.1) is 0 Å². The Morgan fingerprint density at radius 2 is 0.350 bits per heavy atom. The summed E-state index contributed by atoms with van der Waals surface area (Å²) in [6.07, 6.45) is 0.362. The van der Waals surface area contributed by atoms with E-state index in [2.05, 4.69) is 0 Å². The number of benzene rings is 3. The van der Waals surface area contributed by atoms with E-state index < -0.39 is 68.3 Å². The fourth-order valence-corrected chi connectivity index (χ4v) is 7.00. The second-order valence-corrected chi connectivity index (χ2v) is 19.5. The summed E-state index contributed by atoms with van der Waals surface area (Å²) in [5, 5.41) is 53.6. The summed E-state index contributed by atoms with van der Waals surface area (Å²) in [5.41, 5.74) is 2.98. The molecule has 0 unspecified atom stereocenters. The fourth-order valence-electron chi connectivity index (χ4n) is 7.00. The molecule has 6 N–H and O–H groups in total. The van der Waals surface area contributed by atoms with Gasteiger partial charge in [0.1, 0.15) is 0 Å². The molecule has 0 aromatic heterocycles. The van der Waals surface area contributed by atoms with Crippen LogP contribution in [-0.4, -0.2) is 66.5 Å². The van der Waals surface area contributed by atoms with Gasteiger partial charge in [-0.1, -0.05) is 156 Å². The van der Waals surface area contributed by atoms with Gasteiger partial charge in [-0.05, 0) is 33.4 Å². The third-order valence-corrected chi connectivity index (χ3v) is 10.9. The summed E-state index contributed by atoms with van der Waals surface area (Å²) in [7, 11) is 0. The Morgan fingerprint density at radius 1 is 0.267 bits per heavy atom. The number of hydrogen-bond donors (Lipinski definition) is 6. The van der Waals surface area contributed by atoms with Crippen LogP contribution in [0.15, 0.2) is 72.8 Å². The van der Waals surface area contributed by atoms with E-state index >= 15 is 0 Å². The van der Waals surface area contributed by atoms with Crippen LogP contribution in [0.5, 0.6) is 0 Å². The summed E-state index contributed by atoms with van der Waals surface area (Å²) >= 11 is 0. The summed E-state index contributed by atoms with van der Waals surface area (Å²) < 4.78 is 0. The van der Waals surface area contributed by atoms with Crippen molar-refractivity contribution in [2.24, 2.45) is 0 Å². The molecule has 0 saturated carbocycles. The molecule has 0 aliphatic carbocycles. The third-order valence-electron chi connectivity index (χ3n) is 10.9. The highest BCUT2D eigenvalue weighted by Gasteiger charge is 2.30. The van der Waals surface area contributed by atoms with Crippen LogP contribution >= 0.6 is 0 Å². The Kier molecular flexibility index (Phi) is 18.1. The maximum Gasteiger partial charge on any atom is 0.304 e. The Labute approximate surface area is 354 Å². The second kappa shape index (κ2) is 20.6. The molecule has 330 valence electrons. The van der Waals surface area contributed by atoms with Crippen molar-refractivity contribution in [1.82, 2.24) is 0 Å². The number of carboxylic acid groups (broad SMARTS) is 6. The van der Waals surface area contributed by atoms with Crippen molar-refractivity contribution >= 4 is 35.8 Å². The zero-order chi connectivity index (χ0) is 46.7. The first-order valence-corrected chi connectivity index (χ1v) is 19.8. The second-order valence-electron chi connectivity index (χ2n) is 19.5. The van der Waals surface area contributed by atoms with Gasteiger partial charge in [-0.2, -0.15) is 0 Å². The normalized spacial score (nSPS) is 12.2. The van der Waals surface area contributed by atoms with Crippen LogP contribution in [0.3, 0.4) is 0 Å². The molecule has 0 radical (unpaired) electrons. The van der Waals surface area contributed by atoms with Gasteiger partial charge in [0, 0.05) is 32.5 Å². The molecule has 60 heavy (non-hydrogen) atoms. The maximum absolute atomic E-state index is 10.9. The van der Waals surface area contributed by atoms with E-state index in [9.17, 15) is 28.8 Å². The predicted molar refractivity (Wildman–Crippen MR) is 231 cm³/mol. The van der Waals surface area contributed by atoms with E-state index in [0.29, 0.717) is 0 Å². The fraction of sp³-hybridized carbons (Fsp3) is 0.500. The number of hydrogen-bond acceptors (Lipinski definition) is 6. The number of rotatable bonds is 18. The number of carboxylic acids is 6. The molecule has 12 heteroatoms. The van der Waals surface area contributed by atoms with Crippen molar-refractivity contribution in [3.63, 3.8) is 0 Å². The first kappa shape index (κ1) is 52.5. The van der Waals surface area contributed by atoms with Crippen molar-refractivity contribution in [2.45, 2.75) is 154 Å². The molecule has 0 aliphatic heterocycles. The first-order valence-electron chi connectivity index (χ1n) is 19.8. The van der Waals surface area contributed by atoms with Gasteiger partial charge in [0.2, 0.25) is 0 Å². The van der Waals surface area contributed by atoms with E-state index in [1.54, 1.807) is 0 Å². The first-order chi connectivity index (χ1) is 27.1. The average Bonchev–Trinajstić information content (AvgIpc) is 3.06. The zero-order valence-electron chi connectivity index (χ0n) is 37.3. The minimum Gasteiger partial charge on any atom is -0.481 e. The minimum atomic E-state index is -0.828. The van der Waals surface area contributed by atoms with Crippen LogP contribution in [0.4, 0.5) is 0 Å². The highest BCUT2D eigenvalue weighted by Crippen LogP contribution is 2.34. The summed E-state index contributed by atoms with van der Waals surface area (Å²) in [4.78, 5) is 65.2. The highest BCUT2D eigenvalue weighted by atomic mass is 16.4. The van der Waals surface area contributed by atoms with Gasteiger partial charge < -0.3 is 30.6 Å². The average molecular weight is 835 g/mol. The van der Waals surface area contributed by atoms with Crippen molar-refractivity contribution in [3.05, 3.63) is 106 Å². The quantitative estimate of drug-likeness (QED) is 0.0705. The molecule has 12 nitrogen and oxygen atoms in total. The highest BCUT2D eigenvalue weighted by molar-refractivity contribution is 5.71. The Bertz CT molecular complexity index is 1580. The van der Waals surface area contributed by atoms with Crippen LogP contribution in [-0.2, 0) is 61.3 Å². The Hall–Kier alpha value is -5.52. The maximum atomic E-state index is 10.9. The molecule has 0 bridgehead atoms. The standard InChI is InChI=1S/3C16H22O4/c3*1-15(2,9-13(17)18)11-5-7-12(8-6-11)16(3,4)10-14(19)20/h3*5-8H,9-10H2,1-4H3,(H,17,18)(H,19,20). The van der Waals surface area contributed by atoms with Gasteiger partial charge in [-0.3, -0.25) is 28.8 Å². The molecule has 0 spiro atoms. The number of aliphatic carboxylic acids is 6. The van der Waals surface area contributed by atoms with E-state index in [0.717, 1.165) is 33.4 Å². The van der Waals surface area contributed by atoms with Crippen LogP contribution < -0.4 is 0 Å². The van der Waals surface area contributed by atoms with Crippen molar-refractivity contribution < 1.29 is 59.4 Å². The van der Waals surface area contributed by atoms with E-state index in [4.69, 9.17) is 30.6 Å². The van der Waals surface area contributed by atoms with Crippen LogP contribution in [0.1, 0.15) is 155 Å². The van der Waals surface area contributed by atoms with Gasteiger partial charge >= 0.3 is 35.8 Å². The molecule has 0 heterocycles. The van der Waals surface area contributed by atoms with E-state index in [1.165, 1.54) is 0 Å². The lowest BCUT2D eigenvalue weighted by molar-refractivity contribution is -0.139. The minimum absolute atomic E-state index is 0.0604. The lowest BCUT2D eigenvalue weighted by Gasteiger charge is -2.26. The molecule has 0 fully saturated rings. The van der Waals surface area contributed by atoms with Gasteiger partial charge in [0.05, 0.1) is 38.5 Å². The van der Waals surface area contributed by atoms with Crippen molar-refractivity contribution in [2.75, 3.05) is 0 Å².